The van der Waals surface area contributed by atoms with Crippen molar-refractivity contribution in [2.45, 2.75) is 6.92 Å². The molecule has 4 heteroatoms. The van der Waals surface area contributed by atoms with Crippen LogP contribution in [0.15, 0.2) is 47.1 Å². The van der Waals surface area contributed by atoms with E-state index < -0.39 is 0 Å². The SMILES string of the molecule is Cc1cc(Br)n2nnc(-c3ccccc3)c2c1. The van der Waals surface area contributed by atoms with Gasteiger partial charge in [-0.3, -0.25) is 0 Å². The maximum atomic E-state index is 4.25. The van der Waals surface area contributed by atoms with Gasteiger partial charge in [0.1, 0.15) is 10.3 Å². The first kappa shape index (κ1) is 10.5. The first-order valence-electron chi connectivity index (χ1n) is 5.33. The van der Waals surface area contributed by atoms with Crippen LogP contribution in [0.2, 0.25) is 0 Å². The number of fused-ring (bicyclic) bond motifs is 1. The Kier molecular flexibility index (Phi) is 2.44. The number of aryl methyl sites for hydroxylation is 1. The first-order valence-corrected chi connectivity index (χ1v) is 6.12. The van der Waals surface area contributed by atoms with Crippen molar-refractivity contribution in [2.24, 2.45) is 0 Å². The summed E-state index contributed by atoms with van der Waals surface area (Å²) >= 11 is 3.49. The number of aromatic nitrogens is 3. The molecule has 0 fully saturated rings. The Bertz CT molecular complexity index is 674. The van der Waals surface area contributed by atoms with E-state index >= 15 is 0 Å². The number of halogens is 1. The molecule has 0 atom stereocenters. The second kappa shape index (κ2) is 3.96. The number of rotatable bonds is 1. The normalized spacial score (nSPS) is 10.9. The predicted molar refractivity (Wildman–Crippen MR) is 70.9 cm³/mol. The molecule has 3 aromatic rings. The van der Waals surface area contributed by atoms with Gasteiger partial charge in [0, 0.05) is 5.56 Å². The fourth-order valence-corrected chi connectivity index (χ4v) is 2.51. The highest BCUT2D eigenvalue weighted by molar-refractivity contribution is 9.10. The molecule has 0 aliphatic carbocycles. The number of nitrogens with zero attached hydrogens (tertiary/aromatic N) is 3. The zero-order valence-electron chi connectivity index (χ0n) is 9.26. The van der Waals surface area contributed by atoms with Crippen LogP contribution < -0.4 is 0 Å². The van der Waals surface area contributed by atoms with E-state index in [9.17, 15) is 0 Å². The standard InChI is InChI=1S/C13H10BrN3/c1-9-7-11-13(10-5-3-2-4-6-10)15-16-17(11)12(14)8-9/h2-8H,1H3. The molecule has 0 spiro atoms. The van der Waals surface area contributed by atoms with Crippen LogP contribution in [0.4, 0.5) is 0 Å². The molecule has 0 N–H and O–H groups in total. The molecule has 3 rings (SSSR count). The lowest BCUT2D eigenvalue weighted by Gasteiger charge is -2.00. The zero-order valence-corrected chi connectivity index (χ0v) is 10.8. The van der Waals surface area contributed by atoms with Gasteiger partial charge in [-0.05, 0) is 40.5 Å². The van der Waals surface area contributed by atoms with E-state index in [4.69, 9.17) is 0 Å². The Morgan fingerprint density at radius 2 is 1.88 bits per heavy atom. The molecule has 0 aliphatic heterocycles. The van der Waals surface area contributed by atoms with Crippen LogP contribution >= 0.6 is 15.9 Å². The summed E-state index contributed by atoms with van der Waals surface area (Å²) in [4.78, 5) is 0. The maximum Gasteiger partial charge on any atom is 0.120 e. The van der Waals surface area contributed by atoms with E-state index in [0.717, 1.165) is 21.4 Å². The molecule has 0 saturated heterocycles. The maximum absolute atomic E-state index is 4.25. The van der Waals surface area contributed by atoms with Crippen molar-refractivity contribution in [1.82, 2.24) is 14.8 Å². The van der Waals surface area contributed by atoms with Gasteiger partial charge in [0.15, 0.2) is 0 Å². The summed E-state index contributed by atoms with van der Waals surface area (Å²) in [5, 5.41) is 8.41. The zero-order chi connectivity index (χ0) is 11.8. The van der Waals surface area contributed by atoms with Crippen molar-refractivity contribution in [3.05, 3.63) is 52.6 Å². The molecule has 0 amide bonds. The van der Waals surface area contributed by atoms with Crippen molar-refractivity contribution in [3.63, 3.8) is 0 Å². The van der Waals surface area contributed by atoms with Gasteiger partial charge in [0.05, 0.1) is 5.52 Å². The highest BCUT2D eigenvalue weighted by atomic mass is 79.9. The summed E-state index contributed by atoms with van der Waals surface area (Å²) in [7, 11) is 0. The molecule has 17 heavy (non-hydrogen) atoms. The van der Waals surface area contributed by atoms with Gasteiger partial charge in [0.25, 0.3) is 0 Å². The van der Waals surface area contributed by atoms with Crippen LogP contribution in [0, 0.1) is 6.92 Å². The number of hydrogen-bond acceptors (Lipinski definition) is 2. The van der Waals surface area contributed by atoms with Crippen LogP contribution in [0.3, 0.4) is 0 Å². The van der Waals surface area contributed by atoms with Gasteiger partial charge in [-0.15, -0.1) is 5.10 Å². The van der Waals surface area contributed by atoms with Gasteiger partial charge in [-0.25, -0.2) is 4.52 Å². The van der Waals surface area contributed by atoms with E-state index in [1.54, 1.807) is 4.52 Å². The van der Waals surface area contributed by atoms with Crippen LogP contribution in [-0.4, -0.2) is 14.8 Å². The quantitative estimate of drug-likeness (QED) is 0.642. The summed E-state index contributed by atoms with van der Waals surface area (Å²) in [5.74, 6) is 0. The molecule has 0 aliphatic rings. The van der Waals surface area contributed by atoms with Crippen LogP contribution in [0.1, 0.15) is 5.56 Å². The summed E-state index contributed by atoms with van der Waals surface area (Å²) in [5.41, 5.74) is 4.20. The molecule has 3 nitrogen and oxygen atoms in total. The lowest BCUT2D eigenvalue weighted by Crippen LogP contribution is -1.90. The van der Waals surface area contributed by atoms with Crippen molar-refractivity contribution >= 4 is 21.4 Å². The van der Waals surface area contributed by atoms with Crippen LogP contribution in [0.25, 0.3) is 16.8 Å². The minimum absolute atomic E-state index is 0.912. The summed E-state index contributed by atoms with van der Waals surface area (Å²) in [6, 6.07) is 14.2. The number of hydrogen-bond donors (Lipinski definition) is 0. The third kappa shape index (κ3) is 1.74. The van der Waals surface area contributed by atoms with Gasteiger partial charge in [-0.2, -0.15) is 0 Å². The molecule has 2 aromatic heterocycles. The van der Waals surface area contributed by atoms with Gasteiger partial charge < -0.3 is 0 Å². The average Bonchev–Trinajstić information content (AvgIpc) is 2.74. The molecular weight excluding hydrogens is 278 g/mol. The molecule has 0 radical (unpaired) electrons. The predicted octanol–water partition coefficient (Wildman–Crippen LogP) is 3.47. The van der Waals surface area contributed by atoms with E-state index in [0.29, 0.717) is 0 Å². The van der Waals surface area contributed by atoms with Gasteiger partial charge in [0.2, 0.25) is 0 Å². The molecule has 2 heterocycles. The Morgan fingerprint density at radius 3 is 2.65 bits per heavy atom. The minimum atomic E-state index is 0.912. The number of benzene rings is 1. The molecule has 0 saturated carbocycles. The first-order chi connectivity index (χ1) is 8.25. The highest BCUT2D eigenvalue weighted by Gasteiger charge is 2.10. The fourth-order valence-electron chi connectivity index (χ4n) is 1.88. The van der Waals surface area contributed by atoms with Crippen molar-refractivity contribution in [3.8, 4) is 11.3 Å². The molecular formula is C13H10BrN3. The summed E-state index contributed by atoms with van der Waals surface area (Å²) in [6.45, 7) is 2.06. The summed E-state index contributed by atoms with van der Waals surface area (Å²) in [6.07, 6.45) is 0. The third-order valence-corrected chi connectivity index (χ3v) is 3.23. The molecule has 0 bridgehead atoms. The topological polar surface area (TPSA) is 30.2 Å². The third-order valence-electron chi connectivity index (χ3n) is 2.67. The van der Waals surface area contributed by atoms with E-state index in [2.05, 4.69) is 39.2 Å². The Hall–Kier alpha value is -1.68. The van der Waals surface area contributed by atoms with E-state index in [1.807, 2.05) is 36.4 Å². The number of pyridine rings is 1. The Labute approximate surface area is 107 Å². The molecule has 0 unspecified atom stereocenters. The van der Waals surface area contributed by atoms with Gasteiger partial charge >= 0.3 is 0 Å². The van der Waals surface area contributed by atoms with Crippen LogP contribution in [0.5, 0.6) is 0 Å². The van der Waals surface area contributed by atoms with Crippen molar-refractivity contribution in [2.75, 3.05) is 0 Å². The Balaban J connectivity index is 2.32. The summed E-state index contributed by atoms with van der Waals surface area (Å²) < 4.78 is 2.72. The van der Waals surface area contributed by atoms with Crippen molar-refractivity contribution in [1.29, 1.82) is 0 Å². The van der Waals surface area contributed by atoms with E-state index in [1.165, 1.54) is 5.56 Å². The minimum Gasteiger partial charge on any atom is -0.206 e. The largest absolute Gasteiger partial charge is 0.206 e. The lowest BCUT2D eigenvalue weighted by atomic mass is 10.1. The molecule has 1 aromatic carbocycles. The average molecular weight is 288 g/mol. The van der Waals surface area contributed by atoms with E-state index in [-0.39, 0.29) is 0 Å². The Morgan fingerprint density at radius 1 is 1.12 bits per heavy atom. The molecule has 84 valence electrons. The highest BCUT2D eigenvalue weighted by Crippen LogP contribution is 2.25. The van der Waals surface area contributed by atoms with Crippen LogP contribution in [-0.2, 0) is 0 Å². The second-order valence-corrected chi connectivity index (χ2v) is 4.77. The smallest absolute Gasteiger partial charge is 0.120 e. The lowest BCUT2D eigenvalue weighted by molar-refractivity contribution is 0.839. The van der Waals surface area contributed by atoms with Gasteiger partial charge in [-0.1, -0.05) is 35.5 Å². The second-order valence-electron chi connectivity index (χ2n) is 3.96. The van der Waals surface area contributed by atoms with Crippen molar-refractivity contribution < 1.29 is 0 Å². The monoisotopic (exact) mass is 287 g/mol. The fraction of sp³-hybridized carbons (Fsp3) is 0.0769.